The zero-order valence-electron chi connectivity index (χ0n) is 13.0. The van der Waals surface area contributed by atoms with Crippen LogP contribution >= 0.6 is 0 Å². The molecule has 3 aliphatic rings. The average Bonchev–Trinajstić information content (AvgIpc) is 2.81. The van der Waals surface area contributed by atoms with Gasteiger partial charge in [-0.25, -0.2) is 4.79 Å². The molecule has 5 nitrogen and oxygen atoms in total. The molecule has 1 aromatic rings. The SMILES string of the molecule is N#Cc1cncc2c1OC[C@H]1CCCC3(CCC3)C(=C=O)N1C2. The fourth-order valence-corrected chi connectivity index (χ4v) is 4.29. The normalized spacial score (nSPS) is 24.9. The van der Waals surface area contributed by atoms with Crippen LogP contribution in [0, 0.1) is 16.7 Å². The molecule has 1 saturated carbocycles. The van der Waals surface area contributed by atoms with Crippen molar-refractivity contribution in [3.05, 3.63) is 29.2 Å². The second-order valence-electron chi connectivity index (χ2n) is 6.86. The summed E-state index contributed by atoms with van der Waals surface area (Å²) in [6.45, 7) is 1.09. The maximum atomic E-state index is 11.8. The lowest BCUT2D eigenvalue weighted by Crippen LogP contribution is -2.43. The summed E-state index contributed by atoms with van der Waals surface area (Å²) in [5, 5.41) is 9.27. The minimum Gasteiger partial charge on any atom is -0.490 e. The van der Waals surface area contributed by atoms with Gasteiger partial charge in [0.15, 0.2) is 0 Å². The van der Waals surface area contributed by atoms with Crippen molar-refractivity contribution in [3.63, 3.8) is 0 Å². The van der Waals surface area contributed by atoms with Crippen LogP contribution in [0.3, 0.4) is 0 Å². The van der Waals surface area contributed by atoms with Crippen molar-refractivity contribution >= 4 is 5.94 Å². The first-order valence-electron chi connectivity index (χ1n) is 8.29. The summed E-state index contributed by atoms with van der Waals surface area (Å²) in [5.41, 5.74) is 2.21. The molecule has 2 aliphatic heterocycles. The van der Waals surface area contributed by atoms with Gasteiger partial charge in [-0.1, -0.05) is 12.8 Å². The number of carbonyl (C=O) groups excluding carboxylic acids is 1. The van der Waals surface area contributed by atoms with Gasteiger partial charge in [0.25, 0.3) is 0 Å². The number of rotatable bonds is 0. The van der Waals surface area contributed by atoms with Gasteiger partial charge in [-0.2, -0.15) is 5.26 Å². The smallest absolute Gasteiger partial charge is 0.146 e. The van der Waals surface area contributed by atoms with Gasteiger partial charge >= 0.3 is 0 Å². The number of hydrogen-bond donors (Lipinski definition) is 0. The van der Waals surface area contributed by atoms with Gasteiger partial charge in [0, 0.05) is 29.9 Å². The molecule has 0 N–H and O–H groups in total. The monoisotopic (exact) mass is 309 g/mol. The summed E-state index contributed by atoms with van der Waals surface area (Å²) in [6, 6.07) is 2.32. The molecule has 3 heterocycles. The molecular weight excluding hydrogens is 290 g/mol. The van der Waals surface area contributed by atoms with E-state index in [9.17, 15) is 10.1 Å². The Morgan fingerprint density at radius 2 is 2.13 bits per heavy atom. The first kappa shape index (κ1) is 14.3. The van der Waals surface area contributed by atoms with E-state index in [0.717, 1.165) is 43.4 Å². The number of allylic oxidation sites excluding steroid dienone is 1. The summed E-state index contributed by atoms with van der Waals surface area (Å²) >= 11 is 0. The van der Waals surface area contributed by atoms with Crippen LogP contribution in [0.2, 0.25) is 0 Å². The molecule has 1 spiro atoms. The second-order valence-corrected chi connectivity index (χ2v) is 6.86. The van der Waals surface area contributed by atoms with Gasteiger partial charge in [0.1, 0.15) is 35.6 Å². The number of nitriles is 1. The van der Waals surface area contributed by atoms with Crippen LogP contribution in [-0.4, -0.2) is 28.5 Å². The maximum Gasteiger partial charge on any atom is 0.146 e. The fourth-order valence-electron chi connectivity index (χ4n) is 4.29. The zero-order chi connectivity index (χ0) is 15.9. The molecule has 2 fully saturated rings. The highest BCUT2D eigenvalue weighted by molar-refractivity contribution is 5.56. The number of ether oxygens (including phenoxy) is 1. The maximum absolute atomic E-state index is 11.8. The van der Waals surface area contributed by atoms with E-state index in [0.29, 0.717) is 24.5 Å². The first-order valence-corrected chi connectivity index (χ1v) is 8.29. The van der Waals surface area contributed by atoms with Crippen LogP contribution in [0.15, 0.2) is 18.1 Å². The molecule has 118 valence electrons. The number of aromatic nitrogens is 1. The van der Waals surface area contributed by atoms with Gasteiger partial charge in [-0.05, 0) is 25.7 Å². The highest BCUT2D eigenvalue weighted by atomic mass is 16.5. The molecule has 23 heavy (non-hydrogen) atoms. The van der Waals surface area contributed by atoms with Gasteiger partial charge in [0.2, 0.25) is 0 Å². The molecule has 5 heteroatoms. The second kappa shape index (κ2) is 5.40. The Labute approximate surface area is 135 Å². The average molecular weight is 309 g/mol. The Balaban J connectivity index is 1.77. The number of hydrogen-bond acceptors (Lipinski definition) is 5. The van der Waals surface area contributed by atoms with Crippen LogP contribution in [0.1, 0.15) is 49.7 Å². The Morgan fingerprint density at radius 1 is 1.30 bits per heavy atom. The third-order valence-corrected chi connectivity index (χ3v) is 5.68. The van der Waals surface area contributed by atoms with Crippen LogP contribution in [0.5, 0.6) is 5.75 Å². The lowest BCUT2D eigenvalue weighted by atomic mass is 9.64. The Hall–Kier alpha value is -2.31. The number of pyridine rings is 1. The third kappa shape index (κ3) is 2.14. The molecule has 0 unspecified atom stereocenters. The van der Waals surface area contributed by atoms with Crippen molar-refractivity contribution in [2.45, 2.75) is 51.1 Å². The largest absolute Gasteiger partial charge is 0.490 e. The third-order valence-electron chi connectivity index (χ3n) is 5.68. The zero-order valence-corrected chi connectivity index (χ0v) is 13.0. The topological polar surface area (TPSA) is 66.2 Å². The summed E-state index contributed by atoms with van der Waals surface area (Å²) in [7, 11) is 0. The van der Waals surface area contributed by atoms with E-state index in [1.54, 1.807) is 12.4 Å². The van der Waals surface area contributed by atoms with Crippen molar-refractivity contribution in [2.75, 3.05) is 6.61 Å². The van der Waals surface area contributed by atoms with E-state index in [-0.39, 0.29) is 11.5 Å². The molecule has 1 atom stereocenters. The highest BCUT2D eigenvalue weighted by Crippen LogP contribution is 2.53. The van der Waals surface area contributed by atoms with E-state index >= 15 is 0 Å². The van der Waals surface area contributed by atoms with Crippen LogP contribution in [-0.2, 0) is 11.3 Å². The minimum absolute atomic E-state index is 0.0290. The molecule has 1 saturated heterocycles. The summed E-state index contributed by atoms with van der Waals surface area (Å²) in [4.78, 5) is 18.2. The van der Waals surface area contributed by atoms with E-state index in [4.69, 9.17) is 4.74 Å². The predicted molar refractivity (Wildman–Crippen MR) is 83.1 cm³/mol. The van der Waals surface area contributed by atoms with E-state index in [1.807, 2.05) is 0 Å². The van der Waals surface area contributed by atoms with Crippen LogP contribution < -0.4 is 4.74 Å². The summed E-state index contributed by atoms with van der Waals surface area (Å²) < 4.78 is 5.96. The number of nitrogens with zero attached hydrogens (tertiary/aromatic N) is 3. The highest BCUT2D eigenvalue weighted by Gasteiger charge is 2.47. The lowest BCUT2D eigenvalue weighted by Gasteiger charge is -2.45. The molecule has 0 bridgehead atoms. The molecule has 4 rings (SSSR count). The van der Waals surface area contributed by atoms with Crippen molar-refractivity contribution in [2.24, 2.45) is 5.41 Å². The Bertz CT molecular complexity index is 726. The fraction of sp³-hybridized carbons (Fsp3) is 0.556. The lowest BCUT2D eigenvalue weighted by molar-refractivity contribution is 0.108. The van der Waals surface area contributed by atoms with Gasteiger partial charge < -0.3 is 9.64 Å². The van der Waals surface area contributed by atoms with E-state index < -0.39 is 0 Å². The summed E-state index contributed by atoms with van der Waals surface area (Å²) in [5.74, 6) is 2.90. The van der Waals surface area contributed by atoms with Crippen LogP contribution in [0.4, 0.5) is 0 Å². The molecule has 0 radical (unpaired) electrons. The first-order chi connectivity index (χ1) is 11.3. The Kier molecular flexibility index (Phi) is 3.36. The Morgan fingerprint density at radius 3 is 2.83 bits per heavy atom. The molecular formula is C18H19N3O2. The van der Waals surface area contributed by atoms with E-state index in [2.05, 4.69) is 21.9 Å². The van der Waals surface area contributed by atoms with Crippen molar-refractivity contribution in [1.82, 2.24) is 9.88 Å². The molecule has 0 amide bonds. The van der Waals surface area contributed by atoms with Crippen LogP contribution in [0.25, 0.3) is 0 Å². The minimum atomic E-state index is 0.0290. The molecule has 1 aromatic heterocycles. The van der Waals surface area contributed by atoms with Crippen molar-refractivity contribution in [3.8, 4) is 11.8 Å². The standard InChI is InChI=1S/C18H19N3O2/c19-7-13-8-20-9-14-10-21-15(12-23-17(13)14)3-1-4-18(5-2-6-18)16(21)11-22/h8-9,15H,1-6,10,12H2/t15-/m1/s1. The summed E-state index contributed by atoms with van der Waals surface area (Å²) in [6.07, 6.45) is 9.85. The van der Waals surface area contributed by atoms with Gasteiger partial charge in [-0.3, -0.25) is 4.98 Å². The van der Waals surface area contributed by atoms with Crippen molar-refractivity contribution in [1.29, 1.82) is 5.26 Å². The quantitative estimate of drug-likeness (QED) is 0.689. The number of fused-ring (bicyclic) bond motifs is 2. The van der Waals surface area contributed by atoms with Gasteiger partial charge in [0.05, 0.1) is 6.04 Å². The predicted octanol–water partition coefficient (Wildman–Crippen LogP) is 2.59. The molecule has 1 aliphatic carbocycles. The van der Waals surface area contributed by atoms with Gasteiger partial charge in [-0.15, -0.1) is 0 Å². The van der Waals surface area contributed by atoms with Crippen molar-refractivity contribution < 1.29 is 9.53 Å². The molecule has 0 aromatic carbocycles. The van der Waals surface area contributed by atoms with E-state index in [1.165, 1.54) is 6.42 Å².